The molecule has 0 bridgehead atoms. The van der Waals surface area contributed by atoms with Crippen LogP contribution in [0.25, 0.3) is 33.7 Å². The Bertz CT molecular complexity index is 1030. The quantitative estimate of drug-likeness (QED) is 0.544. The van der Waals surface area contributed by atoms with Crippen LogP contribution in [0.3, 0.4) is 0 Å². The van der Waals surface area contributed by atoms with Gasteiger partial charge in [-0.1, -0.05) is 35.0 Å². The summed E-state index contributed by atoms with van der Waals surface area (Å²) in [6.07, 6.45) is 0. The summed E-state index contributed by atoms with van der Waals surface area (Å²) >= 11 is 0. The van der Waals surface area contributed by atoms with Gasteiger partial charge in [-0.2, -0.15) is 4.98 Å². The molecule has 4 aromatic rings. The molecule has 0 aliphatic heterocycles. The molecule has 5 nitrogen and oxygen atoms in total. The van der Waals surface area contributed by atoms with E-state index in [1.807, 2.05) is 55.5 Å². The molecule has 0 N–H and O–H groups in total. The van der Waals surface area contributed by atoms with E-state index in [1.54, 1.807) is 0 Å². The van der Waals surface area contributed by atoms with Crippen LogP contribution in [0.4, 0.5) is 0 Å². The van der Waals surface area contributed by atoms with Crippen LogP contribution >= 0.6 is 0 Å². The van der Waals surface area contributed by atoms with Crippen LogP contribution in [0.1, 0.15) is 12.5 Å². The van der Waals surface area contributed by atoms with Crippen molar-refractivity contribution >= 4 is 10.9 Å². The number of aryl methyl sites for hydroxylation is 1. The maximum Gasteiger partial charge on any atom is 0.258 e. The highest BCUT2D eigenvalue weighted by Gasteiger charge is 2.17. The molecular weight excluding hydrogens is 314 g/mol. The topological polar surface area (TPSA) is 61.0 Å². The third-order valence-electron chi connectivity index (χ3n) is 3.90. The third-order valence-corrected chi connectivity index (χ3v) is 3.90. The van der Waals surface area contributed by atoms with Crippen molar-refractivity contribution in [2.24, 2.45) is 0 Å². The third kappa shape index (κ3) is 2.96. The summed E-state index contributed by atoms with van der Waals surface area (Å²) < 4.78 is 11.1. The van der Waals surface area contributed by atoms with E-state index in [-0.39, 0.29) is 0 Å². The molecule has 0 saturated heterocycles. The van der Waals surface area contributed by atoms with Crippen molar-refractivity contribution in [2.75, 3.05) is 6.61 Å². The van der Waals surface area contributed by atoms with Gasteiger partial charge in [0.1, 0.15) is 0 Å². The highest BCUT2D eigenvalue weighted by molar-refractivity contribution is 5.85. The van der Waals surface area contributed by atoms with Gasteiger partial charge in [0.2, 0.25) is 11.7 Å². The molecule has 0 amide bonds. The summed E-state index contributed by atoms with van der Waals surface area (Å²) in [5.74, 6) is 1.46. The molecule has 5 heteroatoms. The highest BCUT2D eigenvalue weighted by Crippen LogP contribution is 2.31. The van der Waals surface area contributed by atoms with E-state index in [4.69, 9.17) is 9.26 Å². The molecule has 0 fully saturated rings. The summed E-state index contributed by atoms with van der Waals surface area (Å²) in [6.45, 7) is 4.49. The lowest BCUT2D eigenvalue weighted by Gasteiger charge is -2.08. The monoisotopic (exact) mass is 331 g/mol. The molecule has 124 valence electrons. The first-order valence-electron chi connectivity index (χ1n) is 8.18. The minimum Gasteiger partial charge on any atom is -0.477 e. The molecule has 2 aromatic carbocycles. The first kappa shape index (κ1) is 15.3. The predicted molar refractivity (Wildman–Crippen MR) is 96.4 cm³/mol. The van der Waals surface area contributed by atoms with Crippen LogP contribution < -0.4 is 4.74 Å². The van der Waals surface area contributed by atoms with Gasteiger partial charge < -0.3 is 9.26 Å². The van der Waals surface area contributed by atoms with Crippen molar-refractivity contribution in [1.82, 2.24) is 15.1 Å². The van der Waals surface area contributed by atoms with Crippen molar-refractivity contribution in [3.8, 4) is 28.7 Å². The van der Waals surface area contributed by atoms with E-state index in [9.17, 15) is 0 Å². The average molecular weight is 331 g/mol. The Kier molecular flexibility index (Phi) is 3.90. The molecule has 0 atom stereocenters. The van der Waals surface area contributed by atoms with E-state index in [1.165, 1.54) is 5.56 Å². The Morgan fingerprint density at radius 2 is 1.84 bits per heavy atom. The molecule has 25 heavy (non-hydrogen) atoms. The van der Waals surface area contributed by atoms with E-state index in [2.05, 4.69) is 28.1 Å². The zero-order valence-corrected chi connectivity index (χ0v) is 14.1. The zero-order valence-electron chi connectivity index (χ0n) is 14.1. The second-order valence-corrected chi connectivity index (χ2v) is 5.76. The van der Waals surface area contributed by atoms with Gasteiger partial charge in [-0.05, 0) is 44.2 Å². The van der Waals surface area contributed by atoms with Gasteiger partial charge in [0, 0.05) is 10.9 Å². The fourth-order valence-electron chi connectivity index (χ4n) is 2.72. The molecule has 0 aliphatic carbocycles. The second-order valence-electron chi connectivity index (χ2n) is 5.76. The largest absolute Gasteiger partial charge is 0.477 e. The van der Waals surface area contributed by atoms with Crippen molar-refractivity contribution < 1.29 is 9.26 Å². The Morgan fingerprint density at radius 3 is 2.64 bits per heavy atom. The minimum absolute atomic E-state index is 0.471. The maximum absolute atomic E-state index is 5.71. The Balaban J connectivity index is 1.84. The number of pyridine rings is 1. The van der Waals surface area contributed by atoms with E-state index in [0.29, 0.717) is 24.2 Å². The lowest BCUT2D eigenvalue weighted by atomic mass is 10.1. The number of benzene rings is 2. The number of aromatic nitrogens is 3. The van der Waals surface area contributed by atoms with Gasteiger partial charge in [-0.3, -0.25) is 0 Å². The van der Waals surface area contributed by atoms with E-state index >= 15 is 0 Å². The molecule has 2 heterocycles. The summed E-state index contributed by atoms with van der Waals surface area (Å²) in [6, 6.07) is 17.8. The first-order valence-corrected chi connectivity index (χ1v) is 8.18. The van der Waals surface area contributed by atoms with Gasteiger partial charge >= 0.3 is 0 Å². The Morgan fingerprint density at radius 1 is 1.00 bits per heavy atom. The van der Waals surface area contributed by atoms with Crippen LogP contribution in [0, 0.1) is 6.92 Å². The van der Waals surface area contributed by atoms with Crippen LogP contribution in [0.15, 0.2) is 59.1 Å². The smallest absolute Gasteiger partial charge is 0.258 e. The zero-order chi connectivity index (χ0) is 17.2. The molecule has 0 aliphatic rings. The number of rotatable bonds is 4. The minimum atomic E-state index is 0.471. The summed E-state index contributed by atoms with van der Waals surface area (Å²) in [4.78, 5) is 9.15. The van der Waals surface area contributed by atoms with Crippen LogP contribution in [-0.2, 0) is 0 Å². The number of fused-ring (bicyclic) bond motifs is 1. The number of hydrogen-bond donors (Lipinski definition) is 0. The van der Waals surface area contributed by atoms with Crippen LogP contribution in [-0.4, -0.2) is 21.7 Å². The van der Waals surface area contributed by atoms with Gasteiger partial charge in [0.25, 0.3) is 5.89 Å². The standard InChI is InChI=1S/C20H17N3O2/c1-3-24-20-16(12-15-11-13(2)9-10-17(15)21-20)18-22-19(25-23-18)14-7-5-4-6-8-14/h4-12H,3H2,1-2H3. The van der Waals surface area contributed by atoms with Gasteiger partial charge in [0.05, 0.1) is 17.7 Å². The molecule has 4 rings (SSSR count). The normalized spacial score (nSPS) is 11.0. The fraction of sp³-hybridized carbons (Fsp3) is 0.150. The van der Waals surface area contributed by atoms with E-state index in [0.717, 1.165) is 22.0 Å². The predicted octanol–water partition coefficient (Wildman–Crippen LogP) is 4.66. The SMILES string of the molecule is CCOc1nc2ccc(C)cc2cc1-c1noc(-c2ccccc2)n1. The van der Waals surface area contributed by atoms with Crippen molar-refractivity contribution in [2.45, 2.75) is 13.8 Å². The van der Waals surface area contributed by atoms with Crippen LogP contribution in [0.2, 0.25) is 0 Å². The van der Waals surface area contributed by atoms with Crippen molar-refractivity contribution in [1.29, 1.82) is 0 Å². The lowest BCUT2D eigenvalue weighted by Crippen LogP contribution is -1.98. The second kappa shape index (κ2) is 6.36. The van der Waals surface area contributed by atoms with Crippen molar-refractivity contribution in [3.63, 3.8) is 0 Å². The molecule has 0 unspecified atom stereocenters. The van der Waals surface area contributed by atoms with Gasteiger partial charge in [-0.15, -0.1) is 0 Å². The lowest BCUT2D eigenvalue weighted by molar-refractivity contribution is 0.329. The fourth-order valence-corrected chi connectivity index (χ4v) is 2.72. The van der Waals surface area contributed by atoms with E-state index < -0.39 is 0 Å². The summed E-state index contributed by atoms with van der Waals surface area (Å²) in [5.41, 5.74) is 3.65. The molecule has 0 radical (unpaired) electrons. The average Bonchev–Trinajstić information content (AvgIpc) is 3.12. The molecule has 0 saturated carbocycles. The first-order chi connectivity index (χ1) is 12.2. The molecular formula is C20H17N3O2. The maximum atomic E-state index is 5.71. The summed E-state index contributed by atoms with van der Waals surface area (Å²) in [7, 11) is 0. The van der Waals surface area contributed by atoms with Crippen molar-refractivity contribution in [3.05, 3.63) is 60.2 Å². The highest BCUT2D eigenvalue weighted by atomic mass is 16.5. The number of ether oxygens (including phenoxy) is 1. The number of hydrogen-bond acceptors (Lipinski definition) is 5. The van der Waals surface area contributed by atoms with Crippen LogP contribution in [0.5, 0.6) is 5.88 Å². The molecule has 2 aromatic heterocycles. The molecule has 0 spiro atoms. The Labute approximate surface area is 145 Å². The number of nitrogens with zero attached hydrogens (tertiary/aromatic N) is 3. The summed E-state index contributed by atoms with van der Waals surface area (Å²) in [5, 5.41) is 5.15. The Hall–Kier alpha value is -3.21. The van der Waals surface area contributed by atoms with Gasteiger partial charge in [0.15, 0.2) is 0 Å². The van der Waals surface area contributed by atoms with Gasteiger partial charge in [-0.25, -0.2) is 4.98 Å².